The molecular weight excluding hydrogens is 222 g/mol. The summed E-state index contributed by atoms with van der Waals surface area (Å²) in [6.45, 7) is 2.11. The zero-order chi connectivity index (χ0) is 13.0. The first-order valence-corrected chi connectivity index (χ1v) is 5.87. The lowest BCUT2D eigenvalue weighted by molar-refractivity contribution is 0.652. The Hall–Kier alpha value is -2.18. The Morgan fingerprint density at radius 3 is 2.78 bits per heavy atom. The number of aromatic nitrogens is 1. The maximum absolute atomic E-state index is 8.89. The number of nitrogens with one attached hydrogen (secondary N) is 1. The Morgan fingerprint density at radius 2 is 2.06 bits per heavy atom. The first kappa shape index (κ1) is 12.3. The van der Waals surface area contributed by atoms with Crippen LogP contribution in [0.15, 0.2) is 42.7 Å². The molecule has 0 aliphatic heterocycles. The highest BCUT2D eigenvalue weighted by Gasteiger charge is 2.05. The van der Waals surface area contributed by atoms with Gasteiger partial charge < -0.3 is 5.32 Å². The van der Waals surface area contributed by atoms with Gasteiger partial charge in [-0.25, -0.2) is 0 Å². The molecule has 1 N–H and O–H groups in total. The molecule has 1 heterocycles. The molecule has 2 rings (SSSR count). The SMILES string of the molecule is CNC(C)c1cccc(-c2cncc(C#N)c2)c1. The van der Waals surface area contributed by atoms with Crippen LogP contribution in [0.1, 0.15) is 24.1 Å². The zero-order valence-corrected chi connectivity index (χ0v) is 10.5. The second-order valence-electron chi connectivity index (χ2n) is 4.21. The van der Waals surface area contributed by atoms with Crippen molar-refractivity contribution in [3.05, 3.63) is 53.9 Å². The first-order chi connectivity index (χ1) is 8.74. The lowest BCUT2D eigenvalue weighted by Crippen LogP contribution is -2.12. The molecule has 0 saturated heterocycles. The van der Waals surface area contributed by atoms with E-state index in [-0.39, 0.29) is 0 Å². The van der Waals surface area contributed by atoms with E-state index in [1.165, 1.54) is 5.56 Å². The number of hydrogen-bond acceptors (Lipinski definition) is 3. The van der Waals surface area contributed by atoms with Crippen LogP contribution >= 0.6 is 0 Å². The average Bonchev–Trinajstić information content (AvgIpc) is 2.46. The van der Waals surface area contributed by atoms with Gasteiger partial charge in [-0.2, -0.15) is 5.26 Å². The van der Waals surface area contributed by atoms with Gasteiger partial charge in [-0.05, 0) is 37.2 Å². The molecule has 1 aromatic carbocycles. The Balaban J connectivity index is 2.41. The van der Waals surface area contributed by atoms with Crippen molar-refractivity contribution in [3.8, 4) is 17.2 Å². The summed E-state index contributed by atoms with van der Waals surface area (Å²) in [6.07, 6.45) is 3.35. The molecule has 0 fully saturated rings. The molecule has 0 aliphatic rings. The van der Waals surface area contributed by atoms with Crippen LogP contribution in [-0.2, 0) is 0 Å². The van der Waals surface area contributed by atoms with Gasteiger partial charge in [0.2, 0.25) is 0 Å². The minimum Gasteiger partial charge on any atom is -0.313 e. The molecular formula is C15H15N3. The number of nitrogens with zero attached hydrogens (tertiary/aromatic N) is 2. The maximum Gasteiger partial charge on any atom is 0.101 e. The third kappa shape index (κ3) is 2.55. The number of rotatable bonds is 3. The quantitative estimate of drug-likeness (QED) is 0.893. The predicted molar refractivity (Wildman–Crippen MR) is 71.9 cm³/mol. The van der Waals surface area contributed by atoms with Crippen molar-refractivity contribution in [3.63, 3.8) is 0 Å². The van der Waals surface area contributed by atoms with E-state index >= 15 is 0 Å². The fraction of sp³-hybridized carbons (Fsp3) is 0.200. The van der Waals surface area contributed by atoms with Crippen molar-refractivity contribution in [2.45, 2.75) is 13.0 Å². The van der Waals surface area contributed by atoms with Crippen LogP contribution < -0.4 is 5.32 Å². The molecule has 3 heteroatoms. The normalized spacial score (nSPS) is 11.8. The summed E-state index contributed by atoms with van der Waals surface area (Å²) in [4.78, 5) is 4.09. The van der Waals surface area contributed by atoms with E-state index in [9.17, 15) is 0 Å². The molecule has 1 aromatic heterocycles. The van der Waals surface area contributed by atoms with Crippen molar-refractivity contribution < 1.29 is 0 Å². The highest BCUT2D eigenvalue weighted by atomic mass is 14.8. The van der Waals surface area contributed by atoms with E-state index in [0.717, 1.165) is 11.1 Å². The van der Waals surface area contributed by atoms with E-state index in [1.807, 2.05) is 25.2 Å². The summed E-state index contributed by atoms with van der Waals surface area (Å²) >= 11 is 0. The monoisotopic (exact) mass is 237 g/mol. The molecule has 1 atom stereocenters. The topological polar surface area (TPSA) is 48.7 Å². The van der Waals surface area contributed by atoms with Gasteiger partial charge in [0.1, 0.15) is 6.07 Å². The van der Waals surface area contributed by atoms with E-state index in [1.54, 1.807) is 12.4 Å². The zero-order valence-electron chi connectivity index (χ0n) is 10.5. The van der Waals surface area contributed by atoms with Crippen LogP contribution in [0.2, 0.25) is 0 Å². The second-order valence-corrected chi connectivity index (χ2v) is 4.21. The van der Waals surface area contributed by atoms with Crippen molar-refractivity contribution in [1.29, 1.82) is 5.26 Å². The molecule has 90 valence electrons. The molecule has 0 spiro atoms. The molecule has 0 radical (unpaired) electrons. The largest absolute Gasteiger partial charge is 0.313 e. The standard InChI is InChI=1S/C15H15N3/c1-11(17-2)13-4-3-5-14(7-13)15-6-12(8-16)9-18-10-15/h3-7,9-11,17H,1-2H3. The average molecular weight is 237 g/mol. The van der Waals surface area contributed by atoms with Crippen molar-refractivity contribution in [2.75, 3.05) is 7.05 Å². The Labute approximate surface area is 107 Å². The predicted octanol–water partition coefficient (Wildman–Crippen LogP) is 2.90. The lowest BCUT2D eigenvalue weighted by Gasteiger charge is -2.12. The van der Waals surface area contributed by atoms with Gasteiger partial charge in [-0.3, -0.25) is 4.98 Å². The Kier molecular flexibility index (Phi) is 3.71. The smallest absolute Gasteiger partial charge is 0.101 e. The van der Waals surface area contributed by atoms with Gasteiger partial charge >= 0.3 is 0 Å². The fourth-order valence-corrected chi connectivity index (χ4v) is 1.81. The van der Waals surface area contributed by atoms with Crippen LogP contribution in [0, 0.1) is 11.3 Å². The van der Waals surface area contributed by atoms with E-state index in [4.69, 9.17) is 5.26 Å². The number of nitriles is 1. The highest BCUT2D eigenvalue weighted by molar-refractivity contribution is 5.64. The van der Waals surface area contributed by atoms with Gasteiger partial charge in [0.15, 0.2) is 0 Å². The third-order valence-corrected chi connectivity index (χ3v) is 3.02. The van der Waals surface area contributed by atoms with Crippen molar-refractivity contribution in [1.82, 2.24) is 10.3 Å². The molecule has 0 aliphatic carbocycles. The van der Waals surface area contributed by atoms with Gasteiger partial charge in [-0.1, -0.05) is 18.2 Å². The molecule has 18 heavy (non-hydrogen) atoms. The molecule has 2 aromatic rings. The van der Waals surface area contributed by atoms with Gasteiger partial charge in [0.25, 0.3) is 0 Å². The highest BCUT2D eigenvalue weighted by Crippen LogP contribution is 2.23. The summed E-state index contributed by atoms with van der Waals surface area (Å²) in [6, 6.07) is 12.5. The number of benzene rings is 1. The lowest BCUT2D eigenvalue weighted by atomic mass is 10.0. The summed E-state index contributed by atoms with van der Waals surface area (Å²) in [5.74, 6) is 0. The van der Waals surface area contributed by atoms with E-state index in [0.29, 0.717) is 11.6 Å². The van der Waals surface area contributed by atoms with Crippen molar-refractivity contribution >= 4 is 0 Å². The summed E-state index contributed by atoms with van der Waals surface area (Å²) in [7, 11) is 1.94. The van der Waals surface area contributed by atoms with Crippen LogP contribution in [0.5, 0.6) is 0 Å². The van der Waals surface area contributed by atoms with Crippen LogP contribution in [-0.4, -0.2) is 12.0 Å². The van der Waals surface area contributed by atoms with Crippen molar-refractivity contribution in [2.24, 2.45) is 0 Å². The second kappa shape index (κ2) is 5.44. The Morgan fingerprint density at radius 1 is 1.22 bits per heavy atom. The van der Waals surface area contributed by atoms with Gasteiger partial charge in [-0.15, -0.1) is 0 Å². The Bertz CT molecular complexity index is 584. The van der Waals surface area contributed by atoms with Crippen LogP contribution in [0.4, 0.5) is 0 Å². The summed E-state index contributed by atoms with van der Waals surface area (Å²) in [5, 5.41) is 12.1. The van der Waals surface area contributed by atoms with Crippen LogP contribution in [0.3, 0.4) is 0 Å². The van der Waals surface area contributed by atoms with E-state index < -0.39 is 0 Å². The molecule has 0 bridgehead atoms. The molecule has 0 amide bonds. The summed E-state index contributed by atoms with van der Waals surface area (Å²) < 4.78 is 0. The summed E-state index contributed by atoms with van der Waals surface area (Å²) in [5.41, 5.74) is 3.86. The minimum atomic E-state index is 0.303. The van der Waals surface area contributed by atoms with Gasteiger partial charge in [0, 0.05) is 24.0 Å². The van der Waals surface area contributed by atoms with E-state index in [2.05, 4.69) is 35.4 Å². The molecule has 0 saturated carbocycles. The minimum absolute atomic E-state index is 0.303. The number of hydrogen-bond donors (Lipinski definition) is 1. The molecule has 3 nitrogen and oxygen atoms in total. The third-order valence-electron chi connectivity index (χ3n) is 3.02. The van der Waals surface area contributed by atoms with Gasteiger partial charge in [0.05, 0.1) is 5.56 Å². The fourth-order valence-electron chi connectivity index (χ4n) is 1.81. The number of pyridine rings is 1. The first-order valence-electron chi connectivity index (χ1n) is 5.87. The maximum atomic E-state index is 8.89. The molecule has 1 unspecified atom stereocenters. The van der Waals surface area contributed by atoms with Crippen LogP contribution in [0.25, 0.3) is 11.1 Å².